The smallest absolute Gasteiger partial charge is 0.354 e. The van der Waals surface area contributed by atoms with Gasteiger partial charge in [-0.05, 0) is 30.9 Å². The van der Waals surface area contributed by atoms with Crippen LogP contribution in [0.25, 0.3) is 0 Å². The van der Waals surface area contributed by atoms with Crippen molar-refractivity contribution in [2.75, 3.05) is 20.1 Å². The van der Waals surface area contributed by atoms with Crippen molar-refractivity contribution >= 4 is 29.9 Å². The van der Waals surface area contributed by atoms with E-state index in [0.29, 0.717) is 5.96 Å². The van der Waals surface area contributed by atoms with Gasteiger partial charge in [-0.25, -0.2) is 0 Å². The van der Waals surface area contributed by atoms with Crippen molar-refractivity contribution in [1.29, 1.82) is 0 Å². The first-order valence-corrected chi connectivity index (χ1v) is 10.1. The Kier molecular flexibility index (Phi) is 9.16. The van der Waals surface area contributed by atoms with Crippen LogP contribution in [-0.4, -0.2) is 46.8 Å². The molecule has 1 aromatic heterocycles. The molecule has 0 unspecified atom stereocenters. The van der Waals surface area contributed by atoms with Gasteiger partial charge in [-0.3, -0.25) is 14.6 Å². The lowest BCUT2D eigenvalue weighted by Crippen LogP contribution is -2.48. The molecule has 1 fully saturated rings. The number of aryl methyl sites for hydroxylation is 2. The van der Waals surface area contributed by atoms with E-state index in [1.165, 1.54) is 29.1 Å². The van der Waals surface area contributed by atoms with Crippen LogP contribution in [-0.2, 0) is 26.3 Å². The third-order valence-corrected chi connectivity index (χ3v) is 5.43. The largest absolute Gasteiger partial charge is 0.435 e. The van der Waals surface area contributed by atoms with Crippen molar-refractivity contribution in [3.05, 3.63) is 52.8 Å². The normalized spacial score (nSPS) is 16.1. The van der Waals surface area contributed by atoms with Crippen LogP contribution in [0.3, 0.4) is 0 Å². The maximum Gasteiger partial charge on any atom is 0.435 e. The molecule has 1 aromatic carbocycles. The monoisotopic (exact) mass is 550 g/mol. The molecule has 0 radical (unpaired) electrons. The summed E-state index contributed by atoms with van der Waals surface area (Å²) in [4.78, 5) is 6.60. The van der Waals surface area contributed by atoms with Crippen LogP contribution < -0.4 is 10.6 Å². The highest BCUT2D eigenvalue weighted by Crippen LogP contribution is 2.30. The zero-order chi connectivity index (χ0) is 21.7. The minimum Gasteiger partial charge on any atom is -0.354 e. The highest BCUT2D eigenvalue weighted by atomic mass is 127. The summed E-state index contributed by atoms with van der Waals surface area (Å²) in [6.45, 7) is 5.00. The second-order valence-electron chi connectivity index (χ2n) is 7.72. The molecule has 2 N–H and O–H groups in total. The van der Waals surface area contributed by atoms with Crippen molar-refractivity contribution in [3.63, 3.8) is 0 Å². The van der Waals surface area contributed by atoms with Crippen molar-refractivity contribution in [1.82, 2.24) is 25.3 Å². The van der Waals surface area contributed by atoms with Crippen LogP contribution in [0.1, 0.15) is 35.2 Å². The van der Waals surface area contributed by atoms with Crippen molar-refractivity contribution in [2.24, 2.45) is 12.0 Å². The molecule has 10 heteroatoms. The maximum atomic E-state index is 13.1. The van der Waals surface area contributed by atoms with E-state index in [-0.39, 0.29) is 42.1 Å². The number of alkyl halides is 3. The predicted octanol–water partition coefficient (Wildman–Crippen LogP) is 3.69. The third kappa shape index (κ3) is 7.09. The van der Waals surface area contributed by atoms with Gasteiger partial charge in [0.1, 0.15) is 0 Å². The highest BCUT2D eigenvalue weighted by Gasteiger charge is 2.36. The lowest BCUT2D eigenvalue weighted by atomic mass is 10.0. The Balaban J connectivity index is 0.00000341. The van der Waals surface area contributed by atoms with Gasteiger partial charge in [0.15, 0.2) is 11.7 Å². The minimum absolute atomic E-state index is 0. The van der Waals surface area contributed by atoms with E-state index in [1.807, 2.05) is 0 Å². The van der Waals surface area contributed by atoms with E-state index in [0.717, 1.165) is 32.5 Å². The molecular formula is C21H30F3IN6. The molecule has 0 saturated carbocycles. The maximum absolute atomic E-state index is 13.1. The standard InChI is InChI=1S/C21H29F3N6.HI/c1-15-6-4-5-7-16(15)14-30-10-8-18(9-11-30)27-20(25-2)26-12-17-13-29(3)28-19(17)21(22,23)24;/h4-7,13,18H,8-12,14H2,1-3H3,(H2,25,26,27);1H. The first-order valence-electron chi connectivity index (χ1n) is 10.1. The Morgan fingerprint density at radius 3 is 2.48 bits per heavy atom. The van der Waals surface area contributed by atoms with Gasteiger partial charge < -0.3 is 10.6 Å². The fraction of sp³-hybridized carbons (Fsp3) is 0.524. The molecule has 1 saturated heterocycles. The number of halogens is 4. The molecule has 0 aliphatic carbocycles. The van der Waals surface area contributed by atoms with Gasteiger partial charge in [0, 0.05) is 58.1 Å². The molecule has 1 aliphatic rings. The Hall–Kier alpha value is -1.82. The Bertz CT molecular complexity index is 872. The minimum atomic E-state index is -4.47. The molecule has 3 rings (SSSR count). The number of rotatable bonds is 5. The van der Waals surface area contributed by atoms with Crippen LogP contribution in [0.5, 0.6) is 0 Å². The van der Waals surface area contributed by atoms with Crippen molar-refractivity contribution < 1.29 is 13.2 Å². The van der Waals surface area contributed by atoms with Gasteiger partial charge in [0.05, 0.1) is 0 Å². The summed E-state index contributed by atoms with van der Waals surface area (Å²) in [7, 11) is 3.10. The van der Waals surface area contributed by atoms with Crippen LogP contribution in [0.4, 0.5) is 13.2 Å². The summed E-state index contributed by atoms with van der Waals surface area (Å²) < 4.78 is 40.5. The molecule has 6 nitrogen and oxygen atoms in total. The molecule has 0 atom stereocenters. The molecule has 1 aliphatic heterocycles. The van der Waals surface area contributed by atoms with Crippen LogP contribution in [0, 0.1) is 6.92 Å². The molecule has 0 amide bonds. The average Bonchev–Trinajstić information content (AvgIpc) is 3.09. The van der Waals surface area contributed by atoms with Gasteiger partial charge in [-0.15, -0.1) is 24.0 Å². The number of guanidine groups is 1. The van der Waals surface area contributed by atoms with E-state index in [1.54, 1.807) is 7.05 Å². The SMILES string of the molecule is CN=C(NCc1cn(C)nc1C(F)(F)F)NC1CCN(Cc2ccccc2C)CC1.I. The first kappa shape index (κ1) is 25.4. The molecule has 2 heterocycles. The zero-order valence-electron chi connectivity index (χ0n) is 18.0. The second-order valence-corrected chi connectivity index (χ2v) is 7.72. The van der Waals surface area contributed by atoms with E-state index >= 15 is 0 Å². The molecule has 172 valence electrons. The first-order chi connectivity index (χ1) is 14.3. The van der Waals surface area contributed by atoms with E-state index < -0.39 is 11.9 Å². The summed E-state index contributed by atoms with van der Waals surface area (Å²) in [5, 5.41) is 9.87. The van der Waals surface area contributed by atoms with E-state index in [4.69, 9.17) is 0 Å². The summed E-state index contributed by atoms with van der Waals surface area (Å²) >= 11 is 0. The molecule has 2 aromatic rings. The fourth-order valence-corrected chi connectivity index (χ4v) is 3.74. The van der Waals surface area contributed by atoms with Gasteiger partial charge in [-0.2, -0.15) is 18.3 Å². The lowest BCUT2D eigenvalue weighted by Gasteiger charge is -2.33. The number of likely N-dealkylation sites (tertiary alicyclic amines) is 1. The summed E-state index contributed by atoms with van der Waals surface area (Å²) in [6.07, 6.45) is -1.19. The predicted molar refractivity (Wildman–Crippen MR) is 126 cm³/mol. The Morgan fingerprint density at radius 2 is 1.87 bits per heavy atom. The lowest BCUT2D eigenvalue weighted by molar-refractivity contribution is -0.142. The fourth-order valence-electron chi connectivity index (χ4n) is 3.74. The van der Waals surface area contributed by atoms with Gasteiger partial charge in [0.2, 0.25) is 0 Å². The number of nitrogens with one attached hydrogen (secondary N) is 2. The van der Waals surface area contributed by atoms with Crippen molar-refractivity contribution in [2.45, 2.75) is 45.1 Å². The molecule has 31 heavy (non-hydrogen) atoms. The topological polar surface area (TPSA) is 57.5 Å². The average molecular weight is 550 g/mol. The van der Waals surface area contributed by atoms with Crippen LogP contribution in [0.2, 0.25) is 0 Å². The summed E-state index contributed by atoms with van der Waals surface area (Å²) in [6, 6.07) is 8.65. The molecule has 0 spiro atoms. The number of hydrogen-bond donors (Lipinski definition) is 2. The number of nitrogens with zero attached hydrogens (tertiary/aromatic N) is 4. The number of hydrogen-bond acceptors (Lipinski definition) is 3. The number of aliphatic imine (C=N–C) groups is 1. The second kappa shape index (κ2) is 11.2. The molecular weight excluding hydrogens is 520 g/mol. The Labute approximate surface area is 198 Å². The van der Waals surface area contributed by atoms with Gasteiger partial charge >= 0.3 is 6.18 Å². The summed E-state index contributed by atoms with van der Waals surface area (Å²) in [5.74, 6) is 0.504. The Morgan fingerprint density at radius 1 is 1.19 bits per heavy atom. The third-order valence-electron chi connectivity index (χ3n) is 5.43. The molecule has 0 bridgehead atoms. The van der Waals surface area contributed by atoms with Crippen LogP contribution in [0.15, 0.2) is 35.5 Å². The van der Waals surface area contributed by atoms with Gasteiger partial charge in [0.25, 0.3) is 0 Å². The van der Waals surface area contributed by atoms with Gasteiger partial charge in [-0.1, -0.05) is 24.3 Å². The number of benzene rings is 1. The quantitative estimate of drug-likeness (QED) is 0.339. The van der Waals surface area contributed by atoms with Crippen LogP contribution >= 0.6 is 24.0 Å². The van der Waals surface area contributed by atoms with Crippen molar-refractivity contribution in [3.8, 4) is 0 Å². The van der Waals surface area contributed by atoms with E-state index in [9.17, 15) is 13.2 Å². The highest BCUT2D eigenvalue weighted by molar-refractivity contribution is 14.0. The zero-order valence-corrected chi connectivity index (χ0v) is 20.4. The van der Waals surface area contributed by atoms with E-state index in [2.05, 4.69) is 56.8 Å². The summed E-state index contributed by atoms with van der Waals surface area (Å²) in [5.41, 5.74) is 1.88. The number of piperidine rings is 1. The number of aromatic nitrogens is 2.